The van der Waals surface area contributed by atoms with Crippen molar-refractivity contribution in [3.63, 3.8) is 0 Å². The van der Waals surface area contributed by atoms with E-state index in [1.54, 1.807) is 30.3 Å². The highest BCUT2D eigenvalue weighted by Crippen LogP contribution is 2.17. The topological polar surface area (TPSA) is 35.5 Å². The van der Waals surface area contributed by atoms with Gasteiger partial charge in [0.2, 0.25) is 0 Å². The van der Waals surface area contributed by atoms with Gasteiger partial charge in [-0.1, -0.05) is 43.5 Å². The van der Waals surface area contributed by atoms with Crippen LogP contribution < -0.4 is 9.47 Å². The van der Waals surface area contributed by atoms with Gasteiger partial charge in [0.05, 0.1) is 12.2 Å². The lowest BCUT2D eigenvalue weighted by Gasteiger charge is -2.08. The van der Waals surface area contributed by atoms with Gasteiger partial charge in [0.1, 0.15) is 11.5 Å². The Bertz CT molecular complexity index is 602. The van der Waals surface area contributed by atoms with Crippen molar-refractivity contribution in [1.29, 1.82) is 0 Å². The molecule has 0 N–H and O–H groups in total. The molecule has 0 heterocycles. The van der Waals surface area contributed by atoms with Crippen LogP contribution in [0.3, 0.4) is 0 Å². The summed E-state index contributed by atoms with van der Waals surface area (Å²) >= 11 is 0. The van der Waals surface area contributed by atoms with Gasteiger partial charge >= 0.3 is 5.97 Å². The molecule has 0 atom stereocenters. The Morgan fingerprint density at radius 3 is 2.50 bits per heavy atom. The van der Waals surface area contributed by atoms with Crippen LogP contribution >= 0.6 is 0 Å². The molecule has 0 unspecified atom stereocenters. The summed E-state index contributed by atoms with van der Waals surface area (Å²) in [6, 6.07) is 14.5. The molecule has 22 heavy (non-hydrogen) atoms. The van der Waals surface area contributed by atoms with Gasteiger partial charge in [-0.05, 0) is 43.7 Å². The lowest BCUT2D eigenvalue weighted by Crippen LogP contribution is -2.08. The molecule has 3 nitrogen and oxygen atoms in total. The highest BCUT2D eigenvalue weighted by Gasteiger charge is 2.09. The summed E-state index contributed by atoms with van der Waals surface area (Å²) in [5, 5.41) is 0. The molecule has 2 aromatic rings. The predicted octanol–water partition coefficient (Wildman–Crippen LogP) is 4.78. The van der Waals surface area contributed by atoms with E-state index in [4.69, 9.17) is 9.47 Å². The number of esters is 1. The Labute approximate surface area is 131 Å². The number of hydrogen-bond donors (Lipinski definition) is 0. The third kappa shape index (κ3) is 4.92. The van der Waals surface area contributed by atoms with Gasteiger partial charge < -0.3 is 9.47 Å². The van der Waals surface area contributed by atoms with Gasteiger partial charge in [-0.3, -0.25) is 0 Å². The number of carbonyl (C=O) groups excluding carboxylic acids is 1. The largest absolute Gasteiger partial charge is 0.494 e. The summed E-state index contributed by atoms with van der Waals surface area (Å²) in [6.45, 7) is 4.82. The van der Waals surface area contributed by atoms with E-state index < -0.39 is 0 Å². The Morgan fingerprint density at radius 2 is 1.77 bits per heavy atom. The maximum atomic E-state index is 12.1. The van der Waals surface area contributed by atoms with Crippen LogP contribution in [0.15, 0.2) is 48.5 Å². The van der Waals surface area contributed by atoms with Gasteiger partial charge in [0.25, 0.3) is 0 Å². The van der Waals surface area contributed by atoms with E-state index >= 15 is 0 Å². The molecular formula is C19H22O3. The van der Waals surface area contributed by atoms with Gasteiger partial charge in [0.15, 0.2) is 0 Å². The Kier molecular flexibility index (Phi) is 6.01. The molecule has 0 saturated heterocycles. The number of ether oxygens (including phenoxy) is 2. The van der Waals surface area contributed by atoms with Crippen molar-refractivity contribution in [3.05, 3.63) is 59.7 Å². The molecule has 0 aromatic heterocycles. The van der Waals surface area contributed by atoms with Crippen molar-refractivity contribution in [2.45, 2.75) is 33.1 Å². The maximum Gasteiger partial charge on any atom is 0.343 e. The number of carbonyl (C=O) groups is 1. The summed E-state index contributed by atoms with van der Waals surface area (Å²) in [5.74, 6) is 0.877. The molecule has 0 fully saturated rings. The molecule has 0 spiro atoms. The molecule has 3 heteroatoms. The highest BCUT2D eigenvalue weighted by molar-refractivity contribution is 5.91. The van der Waals surface area contributed by atoms with Crippen molar-refractivity contribution in [2.75, 3.05) is 6.61 Å². The minimum Gasteiger partial charge on any atom is -0.494 e. The third-order valence-corrected chi connectivity index (χ3v) is 3.32. The predicted molar refractivity (Wildman–Crippen MR) is 87.6 cm³/mol. The number of aryl methyl sites for hydroxylation is 1. The van der Waals surface area contributed by atoms with Crippen molar-refractivity contribution in [2.24, 2.45) is 0 Å². The summed E-state index contributed by atoms with van der Waals surface area (Å²) in [6.07, 6.45) is 3.33. The van der Waals surface area contributed by atoms with Crippen LogP contribution in [0.4, 0.5) is 0 Å². The molecule has 0 radical (unpaired) electrons. The molecule has 0 aliphatic carbocycles. The lowest BCUT2D eigenvalue weighted by atomic mass is 10.2. The molecule has 2 aromatic carbocycles. The second-order valence-corrected chi connectivity index (χ2v) is 5.29. The minimum atomic E-state index is -0.372. The first-order valence-corrected chi connectivity index (χ1v) is 7.71. The van der Waals surface area contributed by atoms with E-state index in [9.17, 15) is 4.79 Å². The quantitative estimate of drug-likeness (QED) is 0.419. The number of unbranched alkanes of at least 4 members (excludes halogenated alkanes) is 2. The summed E-state index contributed by atoms with van der Waals surface area (Å²) in [4.78, 5) is 12.1. The first-order chi connectivity index (χ1) is 10.7. The van der Waals surface area contributed by atoms with Crippen LogP contribution in [0.2, 0.25) is 0 Å². The molecule has 0 aliphatic rings. The van der Waals surface area contributed by atoms with Crippen molar-refractivity contribution in [1.82, 2.24) is 0 Å². The van der Waals surface area contributed by atoms with Crippen LogP contribution in [-0.2, 0) is 0 Å². The van der Waals surface area contributed by atoms with Crippen molar-refractivity contribution >= 4 is 5.97 Å². The van der Waals surface area contributed by atoms with Gasteiger partial charge in [-0.2, -0.15) is 0 Å². The molecule has 2 rings (SSSR count). The zero-order valence-electron chi connectivity index (χ0n) is 13.2. The monoisotopic (exact) mass is 298 g/mol. The van der Waals surface area contributed by atoms with E-state index in [1.807, 2.05) is 25.1 Å². The van der Waals surface area contributed by atoms with Gasteiger partial charge in [-0.25, -0.2) is 4.79 Å². The van der Waals surface area contributed by atoms with Crippen LogP contribution in [0.5, 0.6) is 11.5 Å². The smallest absolute Gasteiger partial charge is 0.343 e. The van der Waals surface area contributed by atoms with Gasteiger partial charge in [-0.15, -0.1) is 0 Å². The molecule has 116 valence electrons. The summed E-state index contributed by atoms with van der Waals surface area (Å²) < 4.78 is 11.0. The van der Waals surface area contributed by atoms with Crippen LogP contribution in [0.1, 0.15) is 42.1 Å². The third-order valence-electron chi connectivity index (χ3n) is 3.32. The van der Waals surface area contributed by atoms with E-state index in [2.05, 4.69) is 6.92 Å². The zero-order valence-corrected chi connectivity index (χ0v) is 13.2. The van der Waals surface area contributed by atoms with Crippen molar-refractivity contribution in [3.8, 4) is 11.5 Å². The van der Waals surface area contributed by atoms with Gasteiger partial charge in [0, 0.05) is 0 Å². The number of benzene rings is 2. The average molecular weight is 298 g/mol. The van der Waals surface area contributed by atoms with Crippen LogP contribution in [0, 0.1) is 6.92 Å². The highest BCUT2D eigenvalue weighted by atomic mass is 16.5. The standard InChI is InChI=1S/C19H22O3/c1-3-4-5-13-21-18-8-6-7-16(14-18)19(20)22-17-11-9-15(2)10-12-17/h6-12,14H,3-5,13H2,1-2H3. The van der Waals surface area contributed by atoms with E-state index in [-0.39, 0.29) is 5.97 Å². The van der Waals surface area contributed by atoms with Crippen LogP contribution in [-0.4, -0.2) is 12.6 Å². The average Bonchev–Trinajstić information content (AvgIpc) is 2.54. The Balaban J connectivity index is 1.96. The first kappa shape index (κ1) is 16.1. The zero-order chi connectivity index (χ0) is 15.8. The second-order valence-electron chi connectivity index (χ2n) is 5.29. The molecule has 0 saturated carbocycles. The van der Waals surface area contributed by atoms with E-state index in [0.29, 0.717) is 23.7 Å². The van der Waals surface area contributed by atoms with Crippen molar-refractivity contribution < 1.29 is 14.3 Å². The fourth-order valence-corrected chi connectivity index (χ4v) is 2.03. The lowest BCUT2D eigenvalue weighted by molar-refractivity contribution is 0.0734. The molecule has 0 amide bonds. The first-order valence-electron chi connectivity index (χ1n) is 7.71. The SMILES string of the molecule is CCCCCOc1cccc(C(=O)Oc2ccc(C)cc2)c1. The Hall–Kier alpha value is -2.29. The number of rotatable bonds is 7. The fraction of sp³-hybridized carbons (Fsp3) is 0.316. The maximum absolute atomic E-state index is 12.1. The minimum absolute atomic E-state index is 0.372. The van der Waals surface area contributed by atoms with Crippen LogP contribution in [0.25, 0.3) is 0 Å². The van der Waals surface area contributed by atoms with E-state index in [1.165, 1.54) is 0 Å². The molecular weight excluding hydrogens is 276 g/mol. The number of hydrogen-bond acceptors (Lipinski definition) is 3. The fourth-order valence-electron chi connectivity index (χ4n) is 2.03. The molecule has 0 bridgehead atoms. The van der Waals surface area contributed by atoms with E-state index in [0.717, 1.165) is 24.8 Å². The Morgan fingerprint density at radius 1 is 1.00 bits per heavy atom. The molecule has 0 aliphatic heterocycles. The second kappa shape index (κ2) is 8.23. The summed E-state index contributed by atoms with van der Waals surface area (Å²) in [7, 11) is 0. The normalized spacial score (nSPS) is 10.3. The summed E-state index contributed by atoms with van der Waals surface area (Å²) in [5.41, 5.74) is 1.62.